The number of carbonyl (C=O) groups is 1. The van der Waals surface area contributed by atoms with Gasteiger partial charge in [-0.2, -0.15) is 0 Å². The summed E-state index contributed by atoms with van der Waals surface area (Å²) in [6.07, 6.45) is 8.38. The lowest BCUT2D eigenvalue weighted by Crippen LogP contribution is -2.34. The van der Waals surface area contributed by atoms with E-state index in [-0.39, 0.29) is 11.3 Å². The Balaban J connectivity index is 1.77. The molecule has 0 radical (unpaired) electrons. The molecule has 0 aromatic carbocycles. The molecule has 5 heteroatoms. The van der Waals surface area contributed by atoms with Crippen LogP contribution in [0.2, 0.25) is 0 Å². The van der Waals surface area contributed by atoms with Crippen LogP contribution in [0.5, 0.6) is 0 Å². The number of nitrogen functional groups attached to an aromatic ring is 1. The van der Waals surface area contributed by atoms with Crippen LogP contribution in [0.1, 0.15) is 42.3 Å². The largest absolute Gasteiger partial charge is 0.397 e. The highest BCUT2D eigenvalue weighted by molar-refractivity contribution is 7.21. The number of nitrogens with one attached hydrogen (secondary N) is 1. The van der Waals surface area contributed by atoms with Crippen LogP contribution in [0.3, 0.4) is 0 Å². The molecule has 2 aromatic heterocycles. The summed E-state index contributed by atoms with van der Waals surface area (Å²) in [7, 11) is 0. The molecule has 4 nitrogen and oxygen atoms in total. The van der Waals surface area contributed by atoms with Crippen molar-refractivity contribution in [2.45, 2.75) is 32.6 Å². The summed E-state index contributed by atoms with van der Waals surface area (Å²) in [5.74, 6) is -0.0585. The van der Waals surface area contributed by atoms with E-state index in [4.69, 9.17) is 5.73 Å². The summed E-state index contributed by atoms with van der Waals surface area (Å²) in [5.41, 5.74) is 6.90. The molecular formula is C15H19N3OS. The average Bonchev–Trinajstić information content (AvgIpc) is 3.02. The molecule has 0 unspecified atom stereocenters. The van der Waals surface area contributed by atoms with Gasteiger partial charge in [0.2, 0.25) is 0 Å². The van der Waals surface area contributed by atoms with Gasteiger partial charge in [-0.25, -0.2) is 0 Å². The second-order valence-electron chi connectivity index (χ2n) is 5.92. The number of nitrogens with zero attached hydrogens (tertiary/aromatic N) is 1. The van der Waals surface area contributed by atoms with Gasteiger partial charge in [0.1, 0.15) is 4.88 Å². The first-order valence-corrected chi connectivity index (χ1v) is 7.81. The van der Waals surface area contributed by atoms with Crippen molar-refractivity contribution >= 4 is 33.0 Å². The van der Waals surface area contributed by atoms with Crippen LogP contribution in [-0.4, -0.2) is 17.4 Å². The summed E-state index contributed by atoms with van der Waals surface area (Å²) in [5, 5.41) is 3.97. The maximum atomic E-state index is 12.3. The molecule has 3 rings (SSSR count). The molecule has 1 saturated carbocycles. The summed E-state index contributed by atoms with van der Waals surface area (Å²) in [6.45, 7) is 2.98. The van der Waals surface area contributed by atoms with Crippen molar-refractivity contribution in [2.75, 3.05) is 12.3 Å². The van der Waals surface area contributed by atoms with Crippen LogP contribution in [0.15, 0.2) is 18.5 Å². The fourth-order valence-corrected chi connectivity index (χ4v) is 3.93. The van der Waals surface area contributed by atoms with Crippen LogP contribution >= 0.6 is 11.3 Å². The molecular weight excluding hydrogens is 270 g/mol. The topological polar surface area (TPSA) is 68.0 Å². The molecule has 1 fully saturated rings. The monoisotopic (exact) mass is 289 g/mol. The number of nitrogens with two attached hydrogens (primary N) is 1. The maximum Gasteiger partial charge on any atom is 0.263 e. The molecule has 0 aliphatic heterocycles. The van der Waals surface area contributed by atoms with E-state index in [0.29, 0.717) is 10.6 Å². The summed E-state index contributed by atoms with van der Waals surface area (Å²) in [4.78, 5) is 17.0. The van der Waals surface area contributed by atoms with Crippen LogP contribution in [0, 0.1) is 5.41 Å². The number of carbonyl (C=O) groups excluding carboxylic acids is 1. The first-order chi connectivity index (χ1) is 9.59. The third-order valence-electron chi connectivity index (χ3n) is 4.22. The van der Waals surface area contributed by atoms with Crippen LogP contribution in [0.25, 0.3) is 10.1 Å². The van der Waals surface area contributed by atoms with E-state index in [0.717, 1.165) is 16.6 Å². The number of anilines is 1. The molecule has 0 saturated heterocycles. The average molecular weight is 289 g/mol. The molecule has 0 atom stereocenters. The Morgan fingerprint density at radius 1 is 1.50 bits per heavy atom. The summed E-state index contributed by atoms with van der Waals surface area (Å²) < 4.78 is 0.960. The highest BCUT2D eigenvalue weighted by atomic mass is 32.1. The van der Waals surface area contributed by atoms with Crippen LogP contribution in [-0.2, 0) is 0 Å². The van der Waals surface area contributed by atoms with Crippen molar-refractivity contribution < 1.29 is 4.79 Å². The lowest BCUT2D eigenvalue weighted by molar-refractivity contribution is 0.0939. The minimum Gasteiger partial charge on any atom is -0.397 e. The Morgan fingerprint density at radius 3 is 2.95 bits per heavy atom. The van der Waals surface area contributed by atoms with E-state index in [1.165, 1.54) is 37.0 Å². The first-order valence-electron chi connectivity index (χ1n) is 6.99. The zero-order chi connectivity index (χ0) is 14.2. The molecule has 1 aliphatic carbocycles. The van der Waals surface area contributed by atoms with Crippen molar-refractivity contribution in [2.24, 2.45) is 5.41 Å². The lowest BCUT2D eigenvalue weighted by atomic mass is 9.89. The number of fused-ring (bicyclic) bond motifs is 1. The van der Waals surface area contributed by atoms with Gasteiger partial charge in [-0.1, -0.05) is 19.8 Å². The normalized spacial score (nSPS) is 17.4. The van der Waals surface area contributed by atoms with Crippen LogP contribution < -0.4 is 11.1 Å². The summed E-state index contributed by atoms with van der Waals surface area (Å²) in [6, 6.07) is 1.86. The fourth-order valence-electron chi connectivity index (χ4n) is 2.92. The molecule has 2 aromatic rings. The van der Waals surface area contributed by atoms with Gasteiger partial charge in [0, 0.05) is 24.3 Å². The standard InChI is InChI=1S/C15H19N3OS/c1-15(5-2-3-6-15)9-18-14(19)13-12(16)10-4-7-17-8-11(10)20-13/h4,7-8H,2-3,5-6,9,16H2,1H3,(H,18,19). The Bertz CT molecular complexity index is 644. The van der Waals surface area contributed by atoms with E-state index in [1.54, 1.807) is 12.4 Å². The molecule has 20 heavy (non-hydrogen) atoms. The quantitative estimate of drug-likeness (QED) is 0.911. The number of thiophene rings is 1. The number of hydrogen-bond acceptors (Lipinski definition) is 4. The van der Waals surface area contributed by atoms with Gasteiger partial charge in [0.05, 0.1) is 10.4 Å². The van der Waals surface area contributed by atoms with E-state index in [2.05, 4.69) is 17.2 Å². The van der Waals surface area contributed by atoms with Crippen molar-refractivity contribution in [3.05, 3.63) is 23.3 Å². The molecule has 1 aliphatic rings. The number of pyridine rings is 1. The molecule has 3 N–H and O–H groups in total. The molecule has 106 valence electrons. The molecule has 0 spiro atoms. The highest BCUT2D eigenvalue weighted by Gasteiger charge is 2.29. The third kappa shape index (κ3) is 2.38. The maximum absolute atomic E-state index is 12.3. The first kappa shape index (κ1) is 13.4. The number of hydrogen-bond donors (Lipinski definition) is 2. The lowest BCUT2D eigenvalue weighted by Gasteiger charge is -2.23. The fraction of sp³-hybridized carbons (Fsp3) is 0.467. The van der Waals surface area contributed by atoms with Gasteiger partial charge < -0.3 is 11.1 Å². The van der Waals surface area contributed by atoms with E-state index < -0.39 is 0 Å². The van der Waals surface area contributed by atoms with Crippen molar-refractivity contribution in [3.8, 4) is 0 Å². The van der Waals surface area contributed by atoms with E-state index in [1.807, 2.05) is 6.07 Å². The van der Waals surface area contributed by atoms with Crippen LogP contribution in [0.4, 0.5) is 5.69 Å². The molecule has 2 heterocycles. The predicted molar refractivity (Wildman–Crippen MR) is 82.9 cm³/mol. The second kappa shape index (κ2) is 5.05. The number of amides is 1. The van der Waals surface area contributed by atoms with Gasteiger partial charge in [-0.15, -0.1) is 11.3 Å². The van der Waals surface area contributed by atoms with Gasteiger partial charge in [0.15, 0.2) is 0 Å². The SMILES string of the molecule is CC1(CNC(=O)c2sc3cnccc3c2N)CCCC1. The van der Waals surface area contributed by atoms with Crippen molar-refractivity contribution in [3.63, 3.8) is 0 Å². The molecule has 1 amide bonds. The highest BCUT2D eigenvalue weighted by Crippen LogP contribution is 2.37. The summed E-state index contributed by atoms with van der Waals surface area (Å²) >= 11 is 1.41. The van der Waals surface area contributed by atoms with Gasteiger partial charge in [-0.05, 0) is 24.3 Å². The molecule has 0 bridgehead atoms. The minimum atomic E-state index is -0.0585. The van der Waals surface area contributed by atoms with E-state index in [9.17, 15) is 4.79 Å². The Hall–Kier alpha value is -1.62. The zero-order valence-corrected chi connectivity index (χ0v) is 12.4. The smallest absolute Gasteiger partial charge is 0.263 e. The minimum absolute atomic E-state index is 0.0585. The number of aromatic nitrogens is 1. The Labute approximate surface area is 122 Å². The zero-order valence-electron chi connectivity index (χ0n) is 11.6. The Kier molecular flexibility index (Phi) is 3.38. The van der Waals surface area contributed by atoms with Crippen molar-refractivity contribution in [1.82, 2.24) is 10.3 Å². The van der Waals surface area contributed by atoms with Crippen molar-refractivity contribution in [1.29, 1.82) is 0 Å². The van der Waals surface area contributed by atoms with Gasteiger partial charge >= 0.3 is 0 Å². The van der Waals surface area contributed by atoms with E-state index >= 15 is 0 Å². The second-order valence-corrected chi connectivity index (χ2v) is 6.97. The van der Waals surface area contributed by atoms with Gasteiger partial charge in [0.25, 0.3) is 5.91 Å². The number of rotatable bonds is 3. The predicted octanol–water partition coefficient (Wildman–Crippen LogP) is 3.19. The third-order valence-corrected chi connectivity index (χ3v) is 5.38. The van der Waals surface area contributed by atoms with Gasteiger partial charge in [-0.3, -0.25) is 9.78 Å². The Morgan fingerprint density at radius 2 is 2.25 bits per heavy atom.